The lowest BCUT2D eigenvalue weighted by Gasteiger charge is -2.11. The van der Waals surface area contributed by atoms with Gasteiger partial charge in [-0.1, -0.05) is 23.7 Å². The number of carbonyl (C=O) groups is 1. The molecule has 3 N–H and O–H groups in total. The molecule has 1 atom stereocenters. The maximum Gasteiger partial charge on any atom is 0.406 e. The summed E-state index contributed by atoms with van der Waals surface area (Å²) < 4.78 is 4.85. The Kier molecular flexibility index (Phi) is 5.08. The minimum atomic E-state index is -0.466. The summed E-state index contributed by atoms with van der Waals surface area (Å²) in [6.07, 6.45) is 0.181. The van der Waals surface area contributed by atoms with Gasteiger partial charge < -0.3 is 15.8 Å². The molecular weight excluding hydrogens is 228 g/mol. The summed E-state index contributed by atoms with van der Waals surface area (Å²) in [5.41, 5.74) is 6.88. The molecule has 0 heterocycles. The maximum atomic E-state index is 10.8. The Labute approximate surface area is 99.7 Å². The fraction of sp³-hybridized carbons (Fsp3) is 0.364. The number of carbonyl (C=O) groups excluding carboxylic acids is 1. The van der Waals surface area contributed by atoms with Gasteiger partial charge in [-0.15, -0.1) is 0 Å². The quantitative estimate of drug-likeness (QED) is 0.842. The van der Waals surface area contributed by atoms with Gasteiger partial charge in [0, 0.05) is 18.1 Å². The van der Waals surface area contributed by atoms with Crippen molar-refractivity contribution in [1.82, 2.24) is 5.32 Å². The van der Waals surface area contributed by atoms with Crippen LogP contribution in [0.1, 0.15) is 5.56 Å². The molecule has 4 nitrogen and oxygen atoms in total. The minimum absolute atomic E-state index is 0.197. The zero-order valence-electron chi connectivity index (χ0n) is 9.07. The molecule has 0 radical (unpaired) electrons. The molecule has 0 bridgehead atoms. The van der Waals surface area contributed by atoms with Gasteiger partial charge in [-0.3, -0.25) is 0 Å². The topological polar surface area (TPSA) is 64.3 Å². The van der Waals surface area contributed by atoms with Crippen LogP contribution < -0.4 is 11.1 Å². The van der Waals surface area contributed by atoms with Crippen molar-refractivity contribution in [2.45, 2.75) is 12.5 Å². The molecule has 1 amide bonds. The average Bonchev–Trinajstić information content (AvgIpc) is 2.29. The minimum Gasteiger partial charge on any atom is -0.448 e. The van der Waals surface area contributed by atoms with E-state index in [-0.39, 0.29) is 12.6 Å². The lowest BCUT2D eigenvalue weighted by atomic mass is 10.1. The van der Waals surface area contributed by atoms with Crippen LogP contribution in [0.25, 0.3) is 0 Å². The van der Waals surface area contributed by atoms with Crippen molar-refractivity contribution in [3.8, 4) is 0 Å². The highest BCUT2D eigenvalue weighted by Gasteiger charge is 2.07. The Bertz CT molecular complexity index is 340. The highest BCUT2D eigenvalue weighted by molar-refractivity contribution is 6.30. The normalized spacial score (nSPS) is 11.9. The monoisotopic (exact) mass is 242 g/mol. The molecule has 88 valence electrons. The first kappa shape index (κ1) is 12.8. The lowest BCUT2D eigenvalue weighted by Crippen LogP contribution is -2.32. The molecule has 0 saturated carbocycles. The Balaban J connectivity index is 2.36. The van der Waals surface area contributed by atoms with Crippen LogP contribution in [-0.4, -0.2) is 25.8 Å². The van der Waals surface area contributed by atoms with E-state index >= 15 is 0 Å². The fourth-order valence-corrected chi connectivity index (χ4v) is 1.36. The van der Waals surface area contributed by atoms with E-state index < -0.39 is 6.09 Å². The van der Waals surface area contributed by atoms with Crippen LogP contribution in [0.15, 0.2) is 24.3 Å². The van der Waals surface area contributed by atoms with Crippen LogP contribution in [0.5, 0.6) is 0 Å². The third kappa shape index (κ3) is 4.51. The van der Waals surface area contributed by atoms with Gasteiger partial charge in [0.1, 0.15) is 6.61 Å². The highest BCUT2D eigenvalue weighted by Crippen LogP contribution is 2.10. The molecule has 5 heteroatoms. The molecule has 0 aliphatic heterocycles. The standard InChI is InChI=1S/C11H15ClN2O2/c1-14-11(15)16-7-10(13)6-8-2-4-9(12)5-3-8/h2-5,10H,6-7,13H2,1H3,(H,14,15). The van der Waals surface area contributed by atoms with Crippen molar-refractivity contribution in [2.75, 3.05) is 13.7 Å². The van der Waals surface area contributed by atoms with Crippen molar-refractivity contribution in [2.24, 2.45) is 5.73 Å². The molecule has 0 aromatic heterocycles. The molecule has 0 aliphatic rings. The number of rotatable bonds is 4. The summed E-state index contributed by atoms with van der Waals surface area (Å²) >= 11 is 5.76. The number of nitrogens with two attached hydrogens (primary N) is 1. The Hall–Kier alpha value is -1.26. The van der Waals surface area contributed by atoms with E-state index in [1.54, 1.807) is 0 Å². The fourth-order valence-electron chi connectivity index (χ4n) is 1.24. The molecule has 1 unspecified atom stereocenters. The van der Waals surface area contributed by atoms with Crippen molar-refractivity contribution in [3.63, 3.8) is 0 Å². The van der Waals surface area contributed by atoms with Gasteiger partial charge >= 0.3 is 6.09 Å². The summed E-state index contributed by atoms with van der Waals surface area (Å²) in [5, 5.41) is 3.05. The second-order valence-corrected chi connectivity index (χ2v) is 3.88. The summed E-state index contributed by atoms with van der Waals surface area (Å²) in [7, 11) is 1.51. The van der Waals surface area contributed by atoms with E-state index in [1.165, 1.54) is 7.05 Å². The van der Waals surface area contributed by atoms with Crippen LogP contribution in [0.4, 0.5) is 4.79 Å². The zero-order chi connectivity index (χ0) is 12.0. The molecular formula is C11H15ClN2O2. The van der Waals surface area contributed by atoms with Gasteiger partial charge in [0.15, 0.2) is 0 Å². The number of alkyl carbamates (subject to hydrolysis) is 1. The first-order valence-corrected chi connectivity index (χ1v) is 5.34. The molecule has 16 heavy (non-hydrogen) atoms. The van der Waals surface area contributed by atoms with Crippen LogP contribution in [0, 0.1) is 0 Å². The summed E-state index contributed by atoms with van der Waals surface area (Å²) in [5.74, 6) is 0. The zero-order valence-corrected chi connectivity index (χ0v) is 9.83. The molecule has 0 aliphatic carbocycles. The predicted octanol–water partition coefficient (Wildman–Crippen LogP) is 1.57. The van der Waals surface area contributed by atoms with Crippen molar-refractivity contribution < 1.29 is 9.53 Å². The number of hydrogen-bond donors (Lipinski definition) is 2. The number of benzene rings is 1. The number of halogens is 1. The van der Waals surface area contributed by atoms with Crippen LogP contribution in [0.3, 0.4) is 0 Å². The van der Waals surface area contributed by atoms with Crippen LogP contribution in [-0.2, 0) is 11.2 Å². The van der Waals surface area contributed by atoms with Gasteiger partial charge in [0.2, 0.25) is 0 Å². The van der Waals surface area contributed by atoms with Gasteiger partial charge in [-0.05, 0) is 24.1 Å². The smallest absolute Gasteiger partial charge is 0.406 e. The Morgan fingerprint density at radius 2 is 2.12 bits per heavy atom. The van der Waals surface area contributed by atoms with E-state index in [9.17, 15) is 4.79 Å². The molecule has 1 aromatic carbocycles. The Morgan fingerprint density at radius 3 is 2.69 bits per heavy atom. The SMILES string of the molecule is CNC(=O)OCC(N)Cc1ccc(Cl)cc1. The first-order valence-electron chi connectivity index (χ1n) is 4.96. The Morgan fingerprint density at radius 1 is 1.50 bits per heavy atom. The molecule has 0 saturated heterocycles. The predicted molar refractivity (Wildman–Crippen MR) is 63.5 cm³/mol. The number of nitrogens with one attached hydrogen (secondary N) is 1. The highest BCUT2D eigenvalue weighted by atomic mass is 35.5. The van der Waals surface area contributed by atoms with Gasteiger partial charge in [-0.2, -0.15) is 0 Å². The van der Waals surface area contributed by atoms with Gasteiger partial charge in [0.25, 0.3) is 0 Å². The van der Waals surface area contributed by atoms with Gasteiger partial charge in [-0.25, -0.2) is 4.79 Å². The van der Waals surface area contributed by atoms with Crippen molar-refractivity contribution >= 4 is 17.7 Å². The molecule has 0 spiro atoms. The van der Waals surface area contributed by atoms with Crippen molar-refractivity contribution in [1.29, 1.82) is 0 Å². The number of hydrogen-bond acceptors (Lipinski definition) is 3. The first-order chi connectivity index (χ1) is 7.61. The number of amides is 1. The van der Waals surface area contributed by atoms with Gasteiger partial charge in [0.05, 0.1) is 0 Å². The second-order valence-electron chi connectivity index (χ2n) is 3.44. The van der Waals surface area contributed by atoms with E-state index in [1.807, 2.05) is 24.3 Å². The van der Waals surface area contributed by atoms with E-state index in [0.717, 1.165) is 5.56 Å². The van der Waals surface area contributed by atoms with Crippen LogP contribution in [0.2, 0.25) is 5.02 Å². The maximum absolute atomic E-state index is 10.8. The molecule has 0 fully saturated rings. The molecule has 1 rings (SSSR count). The third-order valence-corrected chi connectivity index (χ3v) is 2.30. The summed E-state index contributed by atoms with van der Waals surface area (Å²) in [6, 6.07) is 7.22. The molecule has 1 aromatic rings. The summed E-state index contributed by atoms with van der Waals surface area (Å²) in [6.45, 7) is 0.197. The van der Waals surface area contributed by atoms with Crippen molar-refractivity contribution in [3.05, 3.63) is 34.9 Å². The van der Waals surface area contributed by atoms with Crippen LogP contribution >= 0.6 is 11.6 Å². The second kappa shape index (κ2) is 6.35. The third-order valence-electron chi connectivity index (χ3n) is 2.04. The van der Waals surface area contributed by atoms with E-state index in [2.05, 4.69) is 5.32 Å². The summed E-state index contributed by atoms with van der Waals surface area (Å²) in [4.78, 5) is 10.8. The number of ether oxygens (including phenoxy) is 1. The largest absolute Gasteiger partial charge is 0.448 e. The van der Waals surface area contributed by atoms with E-state index in [0.29, 0.717) is 11.4 Å². The van der Waals surface area contributed by atoms with E-state index in [4.69, 9.17) is 22.1 Å². The lowest BCUT2D eigenvalue weighted by molar-refractivity contribution is 0.141. The average molecular weight is 243 g/mol.